The van der Waals surface area contributed by atoms with E-state index in [2.05, 4.69) is 34.1 Å². The molecule has 0 aromatic carbocycles. The van der Waals surface area contributed by atoms with Crippen LogP contribution in [0.4, 0.5) is 5.82 Å². The van der Waals surface area contributed by atoms with Crippen LogP contribution >= 0.6 is 0 Å². The first-order chi connectivity index (χ1) is 8.99. The standard InChI is InChI=1S/C15H20N4/c1-9(2)13-8-14(16-5)19-15(18-13)12-6-10(3)17-11(4)7-12/h6-9H,1-5H3,(H,16,18,19). The van der Waals surface area contributed by atoms with Gasteiger partial charge in [-0.05, 0) is 31.9 Å². The van der Waals surface area contributed by atoms with Crippen LogP contribution < -0.4 is 5.32 Å². The van der Waals surface area contributed by atoms with Crippen molar-refractivity contribution in [2.75, 3.05) is 12.4 Å². The molecular weight excluding hydrogens is 236 g/mol. The average Bonchev–Trinajstić information content (AvgIpc) is 2.37. The fourth-order valence-corrected chi connectivity index (χ4v) is 1.98. The van der Waals surface area contributed by atoms with E-state index in [1.54, 1.807) is 0 Å². The maximum Gasteiger partial charge on any atom is 0.161 e. The van der Waals surface area contributed by atoms with Gasteiger partial charge in [-0.1, -0.05) is 13.8 Å². The van der Waals surface area contributed by atoms with Crippen molar-refractivity contribution in [1.29, 1.82) is 0 Å². The molecule has 0 atom stereocenters. The Hall–Kier alpha value is -1.97. The first kappa shape index (κ1) is 13.5. The van der Waals surface area contributed by atoms with E-state index in [9.17, 15) is 0 Å². The highest BCUT2D eigenvalue weighted by molar-refractivity contribution is 5.58. The second kappa shape index (κ2) is 5.34. The van der Waals surface area contributed by atoms with Gasteiger partial charge >= 0.3 is 0 Å². The largest absolute Gasteiger partial charge is 0.373 e. The molecule has 0 aliphatic heterocycles. The quantitative estimate of drug-likeness (QED) is 0.915. The van der Waals surface area contributed by atoms with Crippen LogP contribution in [0.3, 0.4) is 0 Å². The molecule has 0 aliphatic carbocycles. The predicted octanol–water partition coefficient (Wildman–Crippen LogP) is 3.32. The van der Waals surface area contributed by atoms with Gasteiger partial charge in [-0.25, -0.2) is 9.97 Å². The summed E-state index contributed by atoms with van der Waals surface area (Å²) in [5.74, 6) is 1.97. The lowest BCUT2D eigenvalue weighted by Gasteiger charge is -2.10. The number of hydrogen-bond acceptors (Lipinski definition) is 4. The van der Waals surface area contributed by atoms with Gasteiger partial charge in [0.15, 0.2) is 5.82 Å². The van der Waals surface area contributed by atoms with Gasteiger partial charge < -0.3 is 5.32 Å². The van der Waals surface area contributed by atoms with Crippen LogP contribution in [0.1, 0.15) is 36.8 Å². The molecule has 1 N–H and O–H groups in total. The van der Waals surface area contributed by atoms with Gasteiger partial charge in [-0.3, -0.25) is 4.98 Å². The van der Waals surface area contributed by atoms with Gasteiger partial charge in [0.1, 0.15) is 5.82 Å². The number of aromatic nitrogens is 3. The molecular formula is C15H20N4. The third-order valence-corrected chi connectivity index (χ3v) is 2.93. The monoisotopic (exact) mass is 256 g/mol. The van der Waals surface area contributed by atoms with E-state index < -0.39 is 0 Å². The van der Waals surface area contributed by atoms with Crippen molar-refractivity contribution < 1.29 is 0 Å². The number of nitrogens with zero attached hydrogens (tertiary/aromatic N) is 3. The molecule has 100 valence electrons. The maximum absolute atomic E-state index is 4.65. The molecule has 0 amide bonds. The van der Waals surface area contributed by atoms with Crippen molar-refractivity contribution in [3.05, 3.63) is 35.3 Å². The minimum atomic E-state index is 0.373. The van der Waals surface area contributed by atoms with E-state index in [0.717, 1.165) is 34.3 Å². The first-order valence-corrected chi connectivity index (χ1v) is 6.52. The summed E-state index contributed by atoms with van der Waals surface area (Å²) in [6.07, 6.45) is 0. The molecule has 4 nitrogen and oxygen atoms in total. The lowest BCUT2D eigenvalue weighted by molar-refractivity contribution is 0.817. The lowest BCUT2D eigenvalue weighted by Crippen LogP contribution is -2.02. The van der Waals surface area contributed by atoms with Crippen molar-refractivity contribution in [2.45, 2.75) is 33.6 Å². The van der Waals surface area contributed by atoms with Crippen LogP contribution in [0.5, 0.6) is 0 Å². The molecule has 0 spiro atoms. The van der Waals surface area contributed by atoms with Gasteiger partial charge in [0, 0.05) is 35.8 Å². The molecule has 2 heterocycles. The molecule has 0 fully saturated rings. The molecule has 2 aromatic rings. The smallest absolute Gasteiger partial charge is 0.161 e. The highest BCUT2D eigenvalue weighted by atomic mass is 15.0. The zero-order chi connectivity index (χ0) is 14.0. The van der Waals surface area contributed by atoms with E-state index in [1.807, 2.05) is 39.1 Å². The summed E-state index contributed by atoms with van der Waals surface area (Å²) in [5.41, 5.74) is 4.03. The lowest BCUT2D eigenvalue weighted by atomic mass is 10.1. The second-order valence-corrected chi connectivity index (χ2v) is 5.04. The molecule has 0 saturated heterocycles. The second-order valence-electron chi connectivity index (χ2n) is 5.04. The van der Waals surface area contributed by atoms with Crippen LogP contribution in [0.25, 0.3) is 11.4 Å². The Labute approximate surface area is 114 Å². The molecule has 19 heavy (non-hydrogen) atoms. The number of pyridine rings is 1. The van der Waals surface area contributed by atoms with Crippen LogP contribution in [0.15, 0.2) is 18.2 Å². The predicted molar refractivity (Wildman–Crippen MR) is 78.4 cm³/mol. The molecule has 0 unspecified atom stereocenters. The Morgan fingerprint density at radius 2 is 1.58 bits per heavy atom. The van der Waals surface area contributed by atoms with Gasteiger partial charge in [-0.2, -0.15) is 0 Å². The molecule has 0 radical (unpaired) electrons. The first-order valence-electron chi connectivity index (χ1n) is 6.52. The summed E-state index contributed by atoms with van der Waals surface area (Å²) in [7, 11) is 1.87. The van der Waals surface area contributed by atoms with Gasteiger partial charge in [0.05, 0.1) is 0 Å². The van der Waals surface area contributed by atoms with E-state index in [1.165, 1.54) is 0 Å². The molecule has 0 aliphatic rings. The molecule has 4 heteroatoms. The van der Waals surface area contributed by atoms with Crippen molar-refractivity contribution in [3.63, 3.8) is 0 Å². The highest BCUT2D eigenvalue weighted by Gasteiger charge is 2.10. The van der Waals surface area contributed by atoms with Crippen LogP contribution in [-0.4, -0.2) is 22.0 Å². The summed E-state index contributed by atoms with van der Waals surface area (Å²) >= 11 is 0. The number of nitrogens with one attached hydrogen (secondary N) is 1. The Morgan fingerprint density at radius 1 is 0.947 bits per heavy atom. The Morgan fingerprint density at radius 3 is 2.11 bits per heavy atom. The van der Waals surface area contributed by atoms with Crippen molar-refractivity contribution in [1.82, 2.24) is 15.0 Å². The third kappa shape index (κ3) is 3.08. The molecule has 2 rings (SSSR count). The van der Waals surface area contributed by atoms with Gasteiger partial charge in [-0.15, -0.1) is 0 Å². The zero-order valence-electron chi connectivity index (χ0n) is 12.2. The zero-order valence-corrected chi connectivity index (χ0v) is 12.2. The number of rotatable bonds is 3. The molecule has 0 bridgehead atoms. The van der Waals surface area contributed by atoms with Crippen molar-refractivity contribution >= 4 is 5.82 Å². The molecule has 2 aromatic heterocycles. The Bertz CT molecular complexity index is 570. The number of hydrogen-bond donors (Lipinski definition) is 1. The van der Waals surface area contributed by atoms with E-state index in [0.29, 0.717) is 5.92 Å². The summed E-state index contributed by atoms with van der Waals surface area (Å²) in [6, 6.07) is 6.03. The van der Waals surface area contributed by atoms with Crippen molar-refractivity contribution in [2.24, 2.45) is 0 Å². The van der Waals surface area contributed by atoms with Crippen LogP contribution in [0.2, 0.25) is 0 Å². The SMILES string of the molecule is CNc1cc(C(C)C)nc(-c2cc(C)nc(C)c2)n1. The van der Waals surface area contributed by atoms with Crippen LogP contribution in [0, 0.1) is 13.8 Å². The fourth-order valence-electron chi connectivity index (χ4n) is 1.98. The van der Waals surface area contributed by atoms with Gasteiger partial charge in [0.2, 0.25) is 0 Å². The van der Waals surface area contributed by atoms with E-state index in [4.69, 9.17) is 0 Å². The number of aryl methyl sites for hydroxylation is 2. The third-order valence-electron chi connectivity index (χ3n) is 2.93. The minimum Gasteiger partial charge on any atom is -0.373 e. The summed E-state index contributed by atoms with van der Waals surface area (Å²) in [5, 5.41) is 3.09. The summed E-state index contributed by atoms with van der Waals surface area (Å²) < 4.78 is 0. The summed E-state index contributed by atoms with van der Waals surface area (Å²) in [6.45, 7) is 8.24. The van der Waals surface area contributed by atoms with E-state index >= 15 is 0 Å². The fraction of sp³-hybridized carbons (Fsp3) is 0.400. The Kier molecular flexibility index (Phi) is 3.79. The van der Waals surface area contributed by atoms with Crippen LogP contribution in [-0.2, 0) is 0 Å². The highest BCUT2D eigenvalue weighted by Crippen LogP contribution is 2.22. The number of anilines is 1. The summed E-state index contributed by atoms with van der Waals surface area (Å²) in [4.78, 5) is 13.6. The van der Waals surface area contributed by atoms with E-state index in [-0.39, 0.29) is 0 Å². The maximum atomic E-state index is 4.65. The topological polar surface area (TPSA) is 50.7 Å². The molecule has 0 saturated carbocycles. The van der Waals surface area contributed by atoms with Gasteiger partial charge in [0.25, 0.3) is 0 Å². The minimum absolute atomic E-state index is 0.373. The average molecular weight is 256 g/mol. The Balaban J connectivity index is 2.57. The normalized spacial score (nSPS) is 10.8. The van der Waals surface area contributed by atoms with Crippen molar-refractivity contribution in [3.8, 4) is 11.4 Å².